The van der Waals surface area contributed by atoms with Crippen molar-refractivity contribution in [2.75, 3.05) is 18.4 Å². The molecule has 34 heavy (non-hydrogen) atoms. The van der Waals surface area contributed by atoms with Gasteiger partial charge in [0.05, 0.1) is 16.6 Å². The molecule has 4 aromatic rings. The molecule has 8 nitrogen and oxygen atoms in total. The van der Waals surface area contributed by atoms with E-state index in [1.807, 2.05) is 35.7 Å². The SMILES string of the molecule is CCN(CC)S(=O)(=O)c1ccc(NC(=O)Cn2cnc3scc(-c4ccccc4)c3c2=O)cc1. The number of rotatable bonds is 8. The minimum atomic E-state index is -3.57. The first-order valence-corrected chi connectivity index (χ1v) is 13.1. The Balaban J connectivity index is 1.53. The molecular weight excluding hydrogens is 472 g/mol. The zero-order valence-electron chi connectivity index (χ0n) is 18.8. The van der Waals surface area contributed by atoms with Crippen LogP contribution in [0, 0.1) is 0 Å². The molecule has 2 heterocycles. The lowest BCUT2D eigenvalue weighted by Gasteiger charge is -2.18. The van der Waals surface area contributed by atoms with Gasteiger partial charge in [0.1, 0.15) is 11.4 Å². The maximum Gasteiger partial charge on any atom is 0.263 e. The van der Waals surface area contributed by atoms with Crippen LogP contribution in [-0.2, 0) is 21.4 Å². The zero-order chi connectivity index (χ0) is 24.3. The molecule has 0 radical (unpaired) electrons. The quantitative estimate of drug-likeness (QED) is 0.400. The Kier molecular flexibility index (Phi) is 6.92. The van der Waals surface area contributed by atoms with Crippen LogP contribution in [0.5, 0.6) is 0 Å². The number of thiophene rings is 1. The fourth-order valence-electron chi connectivity index (χ4n) is 3.69. The molecule has 0 saturated carbocycles. The summed E-state index contributed by atoms with van der Waals surface area (Å²) >= 11 is 1.38. The summed E-state index contributed by atoms with van der Waals surface area (Å²) in [6.45, 7) is 4.10. The fourth-order valence-corrected chi connectivity index (χ4v) is 6.05. The van der Waals surface area contributed by atoms with Crippen molar-refractivity contribution < 1.29 is 13.2 Å². The van der Waals surface area contributed by atoms with E-state index in [-0.39, 0.29) is 17.0 Å². The van der Waals surface area contributed by atoms with E-state index >= 15 is 0 Å². The number of nitrogens with one attached hydrogen (secondary N) is 1. The van der Waals surface area contributed by atoms with E-state index < -0.39 is 15.9 Å². The van der Waals surface area contributed by atoms with Crippen LogP contribution in [-0.4, -0.2) is 41.3 Å². The Morgan fingerprint density at radius 3 is 2.38 bits per heavy atom. The third-order valence-corrected chi connectivity index (χ3v) is 8.39. The van der Waals surface area contributed by atoms with Gasteiger partial charge in [-0.25, -0.2) is 13.4 Å². The van der Waals surface area contributed by atoms with Gasteiger partial charge in [-0.15, -0.1) is 11.3 Å². The Morgan fingerprint density at radius 2 is 1.74 bits per heavy atom. The standard InChI is InChI=1S/C24H24N4O4S2/c1-3-28(4-2)34(31,32)19-12-10-18(11-13-19)26-21(29)14-27-16-25-23-22(24(27)30)20(15-33-23)17-8-6-5-7-9-17/h5-13,15-16H,3-4,14H2,1-2H3,(H,26,29). The Labute approximate surface area is 201 Å². The molecule has 176 valence electrons. The van der Waals surface area contributed by atoms with Crippen LogP contribution in [0.15, 0.2) is 76.0 Å². The molecule has 0 aliphatic carbocycles. The molecule has 0 bridgehead atoms. The summed E-state index contributed by atoms with van der Waals surface area (Å²) in [4.78, 5) is 30.9. The van der Waals surface area contributed by atoms with Crippen LogP contribution < -0.4 is 10.9 Å². The molecule has 0 aliphatic rings. The largest absolute Gasteiger partial charge is 0.325 e. The summed E-state index contributed by atoms with van der Waals surface area (Å²) in [5.74, 6) is -0.418. The molecule has 2 aromatic carbocycles. The molecule has 0 aliphatic heterocycles. The zero-order valence-corrected chi connectivity index (χ0v) is 20.4. The van der Waals surface area contributed by atoms with Gasteiger partial charge in [0.2, 0.25) is 15.9 Å². The van der Waals surface area contributed by atoms with E-state index in [0.29, 0.717) is 29.0 Å². The minimum Gasteiger partial charge on any atom is -0.325 e. The molecule has 1 amide bonds. The highest BCUT2D eigenvalue weighted by Gasteiger charge is 2.21. The van der Waals surface area contributed by atoms with Crippen LogP contribution in [0.4, 0.5) is 5.69 Å². The minimum absolute atomic E-state index is 0.158. The molecule has 0 unspecified atom stereocenters. The Morgan fingerprint density at radius 1 is 1.06 bits per heavy atom. The van der Waals surface area contributed by atoms with E-state index in [1.165, 1.54) is 50.8 Å². The van der Waals surface area contributed by atoms with Gasteiger partial charge in [0.25, 0.3) is 5.56 Å². The number of hydrogen-bond acceptors (Lipinski definition) is 6. The van der Waals surface area contributed by atoms with Crippen LogP contribution in [0.1, 0.15) is 13.8 Å². The summed E-state index contributed by atoms with van der Waals surface area (Å²) in [6.07, 6.45) is 1.37. The van der Waals surface area contributed by atoms with Gasteiger partial charge in [-0.05, 0) is 29.8 Å². The van der Waals surface area contributed by atoms with Crippen molar-refractivity contribution in [2.45, 2.75) is 25.3 Å². The van der Waals surface area contributed by atoms with E-state index in [9.17, 15) is 18.0 Å². The van der Waals surface area contributed by atoms with Crippen LogP contribution in [0.2, 0.25) is 0 Å². The van der Waals surface area contributed by atoms with Crippen molar-refractivity contribution in [3.63, 3.8) is 0 Å². The normalized spacial score (nSPS) is 11.7. The van der Waals surface area contributed by atoms with Crippen molar-refractivity contribution in [1.82, 2.24) is 13.9 Å². The lowest BCUT2D eigenvalue weighted by molar-refractivity contribution is -0.116. The number of amides is 1. The first-order chi connectivity index (χ1) is 16.3. The fraction of sp³-hybridized carbons (Fsp3) is 0.208. The monoisotopic (exact) mass is 496 g/mol. The molecule has 1 N–H and O–H groups in total. The average Bonchev–Trinajstić information content (AvgIpc) is 3.27. The van der Waals surface area contributed by atoms with Crippen molar-refractivity contribution in [3.05, 3.63) is 76.7 Å². The van der Waals surface area contributed by atoms with Crippen molar-refractivity contribution >= 4 is 43.2 Å². The van der Waals surface area contributed by atoms with E-state index in [4.69, 9.17) is 0 Å². The second kappa shape index (κ2) is 9.88. The van der Waals surface area contributed by atoms with E-state index in [1.54, 1.807) is 13.8 Å². The van der Waals surface area contributed by atoms with Gasteiger partial charge >= 0.3 is 0 Å². The lowest BCUT2D eigenvalue weighted by Crippen LogP contribution is -2.30. The predicted octanol–water partition coefficient (Wildman–Crippen LogP) is 3.79. The van der Waals surface area contributed by atoms with Gasteiger partial charge in [0.15, 0.2) is 0 Å². The van der Waals surface area contributed by atoms with Gasteiger partial charge in [-0.3, -0.25) is 14.2 Å². The summed E-state index contributed by atoms with van der Waals surface area (Å²) in [7, 11) is -3.57. The van der Waals surface area contributed by atoms with E-state index in [2.05, 4.69) is 10.3 Å². The number of hydrogen-bond donors (Lipinski definition) is 1. The number of fused-ring (bicyclic) bond motifs is 1. The summed E-state index contributed by atoms with van der Waals surface area (Å²) in [5.41, 5.74) is 1.85. The number of anilines is 1. The van der Waals surface area contributed by atoms with Gasteiger partial charge < -0.3 is 5.32 Å². The molecule has 4 rings (SSSR count). The van der Waals surface area contributed by atoms with Gasteiger partial charge in [-0.2, -0.15) is 4.31 Å². The number of nitrogens with zero attached hydrogens (tertiary/aromatic N) is 3. The van der Waals surface area contributed by atoms with Crippen LogP contribution >= 0.6 is 11.3 Å². The van der Waals surface area contributed by atoms with Gasteiger partial charge in [0, 0.05) is 29.7 Å². The third kappa shape index (κ3) is 4.65. The maximum absolute atomic E-state index is 13.1. The molecule has 0 fully saturated rings. The van der Waals surface area contributed by atoms with Crippen molar-refractivity contribution in [2.24, 2.45) is 0 Å². The lowest BCUT2D eigenvalue weighted by atomic mass is 10.1. The predicted molar refractivity (Wildman–Crippen MR) is 134 cm³/mol. The molecule has 0 saturated heterocycles. The number of aromatic nitrogens is 2. The molecule has 10 heteroatoms. The maximum atomic E-state index is 13.1. The molecule has 2 aromatic heterocycles. The Bertz CT molecular complexity index is 1470. The highest BCUT2D eigenvalue weighted by atomic mass is 32.2. The van der Waals surface area contributed by atoms with Crippen molar-refractivity contribution in [1.29, 1.82) is 0 Å². The average molecular weight is 497 g/mol. The first-order valence-electron chi connectivity index (χ1n) is 10.8. The smallest absolute Gasteiger partial charge is 0.263 e. The second-order valence-corrected chi connectivity index (χ2v) is 10.3. The Hall–Kier alpha value is -3.34. The number of carbonyl (C=O) groups excluding carboxylic acids is 1. The topological polar surface area (TPSA) is 101 Å². The third-order valence-electron chi connectivity index (χ3n) is 5.44. The van der Waals surface area contributed by atoms with Crippen LogP contribution in [0.25, 0.3) is 21.3 Å². The highest BCUT2D eigenvalue weighted by Crippen LogP contribution is 2.30. The molecule has 0 spiro atoms. The summed E-state index contributed by atoms with van der Waals surface area (Å²) in [6, 6.07) is 15.5. The summed E-state index contributed by atoms with van der Waals surface area (Å²) < 4.78 is 27.9. The molecular formula is C24H24N4O4S2. The van der Waals surface area contributed by atoms with Gasteiger partial charge in [-0.1, -0.05) is 44.2 Å². The van der Waals surface area contributed by atoms with Crippen molar-refractivity contribution in [3.8, 4) is 11.1 Å². The van der Waals surface area contributed by atoms with Crippen LogP contribution in [0.3, 0.4) is 0 Å². The number of sulfonamides is 1. The van der Waals surface area contributed by atoms with E-state index in [0.717, 1.165) is 11.1 Å². The number of benzene rings is 2. The summed E-state index contributed by atoms with van der Waals surface area (Å²) in [5, 5.41) is 5.09. The number of carbonyl (C=O) groups is 1. The highest BCUT2D eigenvalue weighted by molar-refractivity contribution is 7.89. The first kappa shape index (κ1) is 23.8. The second-order valence-electron chi connectivity index (χ2n) is 7.54. The molecule has 0 atom stereocenters.